The molecule has 1 saturated carbocycles. The number of ketones is 1. The Hall–Kier alpha value is -3.54. The molecule has 2 aromatic carbocycles. The van der Waals surface area contributed by atoms with E-state index in [4.69, 9.17) is 4.74 Å². The standard InChI is InChI=1S/C26H23NO5/c28-21(17-9-5-2-6-10-17)15-32-26(31)20(13-16-7-3-1-4-8-16)27-24(29)22-18-11-12-19(14-18)23(22)25(27)30/h1-12,18-20,22-23H,13-15H2/t18-,19-,20+,22-,23+/m0/s1. The van der Waals surface area contributed by atoms with E-state index in [0.717, 1.165) is 16.9 Å². The normalized spacial score (nSPS) is 26.3. The summed E-state index contributed by atoms with van der Waals surface area (Å²) in [5, 5.41) is 0. The zero-order valence-corrected chi connectivity index (χ0v) is 17.4. The second kappa shape index (κ2) is 8.19. The van der Waals surface area contributed by atoms with Crippen LogP contribution in [0.25, 0.3) is 0 Å². The first-order valence-electron chi connectivity index (χ1n) is 10.9. The summed E-state index contributed by atoms with van der Waals surface area (Å²) in [6.07, 6.45) is 5.01. The summed E-state index contributed by atoms with van der Waals surface area (Å²) in [6.45, 7) is -0.440. The summed E-state index contributed by atoms with van der Waals surface area (Å²) >= 11 is 0. The number of amides is 2. The van der Waals surface area contributed by atoms with Crippen LogP contribution in [0, 0.1) is 23.7 Å². The third-order valence-electron chi connectivity index (χ3n) is 6.80. The van der Waals surface area contributed by atoms with Crippen molar-refractivity contribution >= 4 is 23.6 Å². The Morgan fingerprint density at radius 2 is 1.44 bits per heavy atom. The molecule has 5 rings (SSSR count). The van der Waals surface area contributed by atoms with Crippen molar-refractivity contribution in [2.75, 3.05) is 6.61 Å². The third kappa shape index (κ3) is 3.45. The zero-order chi connectivity index (χ0) is 22.2. The second-order valence-corrected chi connectivity index (χ2v) is 8.65. The highest BCUT2D eigenvalue weighted by molar-refractivity contribution is 6.09. The van der Waals surface area contributed by atoms with Gasteiger partial charge in [-0.2, -0.15) is 0 Å². The van der Waals surface area contributed by atoms with E-state index >= 15 is 0 Å². The zero-order valence-electron chi connectivity index (χ0n) is 17.4. The van der Waals surface area contributed by atoms with Crippen molar-refractivity contribution in [1.82, 2.24) is 4.90 Å². The van der Waals surface area contributed by atoms with E-state index < -0.39 is 30.5 Å². The molecule has 2 bridgehead atoms. The van der Waals surface area contributed by atoms with Crippen molar-refractivity contribution in [2.24, 2.45) is 23.7 Å². The third-order valence-corrected chi connectivity index (χ3v) is 6.80. The fraction of sp³-hybridized carbons (Fsp3) is 0.308. The average Bonchev–Trinajstić information content (AvgIpc) is 3.51. The lowest BCUT2D eigenvalue weighted by Gasteiger charge is -2.26. The molecule has 1 saturated heterocycles. The van der Waals surface area contributed by atoms with Gasteiger partial charge < -0.3 is 4.74 Å². The lowest BCUT2D eigenvalue weighted by molar-refractivity contribution is -0.158. The summed E-state index contributed by atoms with van der Waals surface area (Å²) < 4.78 is 5.34. The van der Waals surface area contributed by atoms with Crippen LogP contribution in [0.1, 0.15) is 22.3 Å². The number of fused-ring (bicyclic) bond motifs is 5. The number of rotatable bonds is 7. The second-order valence-electron chi connectivity index (χ2n) is 8.65. The number of hydrogen-bond donors (Lipinski definition) is 0. The van der Waals surface area contributed by atoms with Crippen LogP contribution in [0.2, 0.25) is 0 Å². The highest BCUT2D eigenvalue weighted by Gasteiger charge is 2.61. The van der Waals surface area contributed by atoms with E-state index in [-0.39, 0.29) is 35.9 Å². The maximum atomic E-state index is 13.3. The number of esters is 1. The molecule has 6 heteroatoms. The van der Waals surface area contributed by atoms with E-state index in [0.29, 0.717) is 5.56 Å². The average molecular weight is 429 g/mol. The molecule has 5 atom stereocenters. The van der Waals surface area contributed by atoms with E-state index in [1.807, 2.05) is 42.5 Å². The Balaban J connectivity index is 1.37. The number of likely N-dealkylation sites (tertiary alicyclic amines) is 1. The highest BCUT2D eigenvalue weighted by Crippen LogP contribution is 2.53. The van der Waals surface area contributed by atoms with Gasteiger partial charge >= 0.3 is 5.97 Å². The van der Waals surface area contributed by atoms with Crippen molar-refractivity contribution < 1.29 is 23.9 Å². The molecule has 6 nitrogen and oxygen atoms in total. The molecule has 2 aliphatic carbocycles. The van der Waals surface area contributed by atoms with Crippen molar-refractivity contribution in [2.45, 2.75) is 18.9 Å². The Labute approximate surface area is 185 Å². The predicted octanol–water partition coefficient (Wildman–Crippen LogP) is 2.83. The van der Waals surface area contributed by atoms with Crippen LogP contribution in [0.3, 0.4) is 0 Å². The monoisotopic (exact) mass is 429 g/mol. The van der Waals surface area contributed by atoms with Gasteiger partial charge in [0.05, 0.1) is 11.8 Å². The van der Waals surface area contributed by atoms with Crippen LogP contribution in [-0.2, 0) is 25.5 Å². The molecule has 2 amide bonds. The van der Waals surface area contributed by atoms with Crippen molar-refractivity contribution in [3.63, 3.8) is 0 Å². The number of carbonyl (C=O) groups excluding carboxylic acids is 4. The van der Waals surface area contributed by atoms with Gasteiger partial charge in [0.1, 0.15) is 6.04 Å². The molecule has 2 fully saturated rings. The molecule has 162 valence electrons. The van der Waals surface area contributed by atoms with Crippen molar-refractivity contribution in [3.05, 3.63) is 83.9 Å². The number of Topliss-reactive ketones (excluding diaryl/α,β-unsaturated/α-hetero) is 1. The maximum Gasteiger partial charge on any atom is 0.330 e. The molecule has 0 unspecified atom stereocenters. The summed E-state index contributed by atoms with van der Waals surface area (Å²) in [5.41, 5.74) is 1.24. The van der Waals surface area contributed by atoms with Crippen molar-refractivity contribution in [3.8, 4) is 0 Å². The molecule has 0 N–H and O–H groups in total. The van der Waals surface area contributed by atoms with Crippen LogP contribution in [-0.4, -0.2) is 41.1 Å². The quantitative estimate of drug-likeness (QED) is 0.293. The molecular formula is C26H23NO5. The number of benzene rings is 2. The molecular weight excluding hydrogens is 406 g/mol. The molecule has 0 aromatic heterocycles. The number of hydrogen-bond acceptors (Lipinski definition) is 5. The van der Waals surface area contributed by atoms with Gasteiger partial charge in [-0.05, 0) is 23.8 Å². The largest absolute Gasteiger partial charge is 0.456 e. The van der Waals surface area contributed by atoms with Gasteiger partial charge in [0.25, 0.3) is 0 Å². The van der Waals surface area contributed by atoms with Gasteiger partial charge in [-0.3, -0.25) is 19.3 Å². The van der Waals surface area contributed by atoms with Gasteiger partial charge in [0.2, 0.25) is 11.8 Å². The van der Waals surface area contributed by atoms with E-state index in [2.05, 4.69) is 0 Å². The van der Waals surface area contributed by atoms with Crippen LogP contribution < -0.4 is 0 Å². The first-order valence-corrected chi connectivity index (χ1v) is 10.9. The molecule has 1 heterocycles. The molecule has 1 aliphatic heterocycles. The minimum absolute atomic E-state index is 0.0551. The lowest BCUT2D eigenvalue weighted by atomic mass is 9.85. The van der Waals surface area contributed by atoms with Crippen LogP contribution in [0.5, 0.6) is 0 Å². The first-order chi connectivity index (χ1) is 15.5. The number of nitrogens with zero attached hydrogens (tertiary/aromatic N) is 1. The van der Waals surface area contributed by atoms with Gasteiger partial charge in [-0.1, -0.05) is 72.8 Å². The van der Waals surface area contributed by atoms with Gasteiger partial charge in [0, 0.05) is 12.0 Å². The summed E-state index contributed by atoms with van der Waals surface area (Å²) in [7, 11) is 0. The number of ether oxygens (including phenoxy) is 1. The van der Waals surface area contributed by atoms with Gasteiger partial charge in [-0.15, -0.1) is 0 Å². The Morgan fingerprint density at radius 1 is 0.875 bits per heavy atom. The van der Waals surface area contributed by atoms with Crippen LogP contribution >= 0.6 is 0 Å². The lowest BCUT2D eigenvalue weighted by Crippen LogP contribution is -2.48. The van der Waals surface area contributed by atoms with Gasteiger partial charge in [0.15, 0.2) is 12.4 Å². The Morgan fingerprint density at radius 3 is 2.03 bits per heavy atom. The summed E-state index contributed by atoms with van der Waals surface area (Å²) in [4.78, 5) is 53.2. The SMILES string of the molecule is O=C(COC(=O)[C@@H](Cc1ccccc1)N1C(=O)[C@@H]2[C@H](C1=O)[C@H]1C=C[C@H]2C1)c1ccccc1. The fourth-order valence-corrected chi connectivity index (χ4v) is 5.29. The van der Waals surface area contributed by atoms with Crippen molar-refractivity contribution in [1.29, 1.82) is 0 Å². The maximum absolute atomic E-state index is 13.3. The summed E-state index contributed by atoms with van der Waals surface area (Å²) in [6, 6.07) is 16.7. The van der Waals surface area contributed by atoms with Crippen LogP contribution in [0.4, 0.5) is 0 Å². The Kier molecular flexibility index (Phi) is 5.21. The summed E-state index contributed by atoms with van der Waals surface area (Å²) in [5.74, 6) is -2.35. The Bertz CT molecular complexity index is 1060. The fourth-order valence-electron chi connectivity index (χ4n) is 5.29. The smallest absolute Gasteiger partial charge is 0.330 e. The molecule has 0 spiro atoms. The number of carbonyl (C=O) groups is 4. The molecule has 0 radical (unpaired) electrons. The number of allylic oxidation sites excluding steroid dienone is 2. The van der Waals surface area contributed by atoms with Crippen LogP contribution in [0.15, 0.2) is 72.8 Å². The molecule has 2 aromatic rings. The minimum Gasteiger partial charge on any atom is -0.456 e. The van der Waals surface area contributed by atoms with E-state index in [1.165, 1.54) is 0 Å². The van der Waals surface area contributed by atoms with E-state index in [1.54, 1.807) is 30.3 Å². The minimum atomic E-state index is -1.09. The highest BCUT2D eigenvalue weighted by atomic mass is 16.5. The topological polar surface area (TPSA) is 80.8 Å². The van der Waals surface area contributed by atoms with Gasteiger partial charge in [-0.25, -0.2) is 4.79 Å². The molecule has 3 aliphatic rings. The molecule has 32 heavy (non-hydrogen) atoms. The first kappa shape index (κ1) is 20.4. The number of imide groups is 1. The van der Waals surface area contributed by atoms with E-state index in [9.17, 15) is 19.2 Å². The predicted molar refractivity (Wildman–Crippen MR) is 115 cm³/mol.